The van der Waals surface area contributed by atoms with Crippen molar-refractivity contribution in [3.63, 3.8) is 0 Å². The molecule has 0 unspecified atom stereocenters. The van der Waals surface area contributed by atoms with Crippen molar-refractivity contribution < 1.29 is 4.79 Å². The fourth-order valence-corrected chi connectivity index (χ4v) is 3.25. The number of carbonyl (C=O) groups excluding carboxylic acids is 1. The van der Waals surface area contributed by atoms with E-state index in [1.807, 2.05) is 24.8 Å². The number of thioether (sulfide) groups is 1. The van der Waals surface area contributed by atoms with Crippen molar-refractivity contribution >= 4 is 29.0 Å². The monoisotopic (exact) mass is 279 g/mol. The second-order valence-electron chi connectivity index (χ2n) is 4.69. The first kappa shape index (κ1) is 14.1. The lowest BCUT2D eigenvalue weighted by atomic mass is 10.1. The third-order valence-corrected chi connectivity index (χ3v) is 4.28. The predicted octanol–water partition coefficient (Wildman–Crippen LogP) is 2.33. The molecule has 1 fully saturated rings. The van der Waals surface area contributed by atoms with E-state index in [1.165, 1.54) is 11.5 Å². The highest BCUT2D eigenvalue weighted by molar-refractivity contribution is 7.99. The van der Waals surface area contributed by atoms with E-state index in [-0.39, 0.29) is 5.91 Å². The van der Waals surface area contributed by atoms with Gasteiger partial charge in [-0.2, -0.15) is 11.8 Å². The van der Waals surface area contributed by atoms with Gasteiger partial charge in [-0.3, -0.25) is 4.79 Å². The van der Waals surface area contributed by atoms with Crippen LogP contribution in [0.2, 0.25) is 0 Å². The molecule has 0 radical (unpaired) electrons. The van der Waals surface area contributed by atoms with Gasteiger partial charge in [0.15, 0.2) is 0 Å². The molecule has 1 aromatic carbocycles. The summed E-state index contributed by atoms with van der Waals surface area (Å²) in [7, 11) is 0. The maximum atomic E-state index is 11.8. The van der Waals surface area contributed by atoms with Crippen LogP contribution in [-0.2, 0) is 0 Å². The number of benzene rings is 1. The van der Waals surface area contributed by atoms with Gasteiger partial charge in [0.25, 0.3) is 5.91 Å². The highest BCUT2D eigenvalue weighted by atomic mass is 32.2. The number of rotatable bonds is 4. The molecule has 0 saturated carbocycles. The Kier molecular flexibility index (Phi) is 4.96. The lowest BCUT2D eigenvalue weighted by Crippen LogP contribution is -2.26. The van der Waals surface area contributed by atoms with Gasteiger partial charge in [0.1, 0.15) is 0 Å². The number of nitrogens with one attached hydrogen (secondary N) is 2. The Morgan fingerprint density at radius 2 is 2.16 bits per heavy atom. The van der Waals surface area contributed by atoms with Gasteiger partial charge in [0.2, 0.25) is 0 Å². The normalized spacial score (nSPS) is 16.1. The number of anilines is 2. The zero-order valence-electron chi connectivity index (χ0n) is 11.2. The molecule has 0 aromatic heterocycles. The Morgan fingerprint density at radius 3 is 2.84 bits per heavy atom. The lowest BCUT2D eigenvalue weighted by Gasteiger charge is -2.24. The molecule has 1 aromatic rings. The topological polar surface area (TPSA) is 67.2 Å². The summed E-state index contributed by atoms with van der Waals surface area (Å²) in [6.07, 6.45) is 2.30. The van der Waals surface area contributed by atoms with Crippen molar-refractivity contribution in [2.75, 3.05) is 29.1 Å². The van der Waals surface area contributed by atoms with E-state index < -0.39 is 0 Å². The van der Waals surface area contributed by atoms with Crippen LogP contribution in [-0.4, -0.2) is 30.0 Å². The van der Waals surface area contributed by atoms with Crippen molar-refractivity contribution in [3.05, 3.63) is 23.8 Å². The molecule has 104 valence electrons. The second kappa shape index (κ2) is 6.70. The van der Waals surface area contributed by atoms with E-state index in [0.717, 1.165) is 18.5 Å². The van der Waals surface area contributed by atoms with Crippen LogP contribution in [0.25, 0.3) is 0 Å². The van der Waals surface area contributed by atoms with Gasteiger partial charge in [-0.05, 0) is 49.5 Å². The molecule has 1 aliphatic heterocycles. The van der Waals surface area contributed by atoms with Crippen LogP contribution >= 0.6 is 11.8 Å². The average molecular weight is 279 g/mol. The van der Waals surface area contributed by atoms with E-state index in [9.17, 15) is 4.79 Å². The van der Waals surface area contributed by atoms with Crippen LogP contribution in [0.15, 0.2) is 18.2 Å². The largest absolute Gasteiger partial charge is 0.397 e. The molecule has 1 saturated heterocycles. The third-order valence-electron chi connectivity index (χ3n) is 3.23. The molecule has 0 spiro atoms. The molecule has 2 rings (SSSR count). The zero-order chi connectivity index (χ0) is 13.7. The van der Waals surface area contributed by atoms with Crippen LogP contribution < -0.4 is 16.4 Å². The molecule has 1 aliphatic rings. The average Bonchev–Trinajstić information content (AvgIpc) is 2.42. The highest BCUT2D eigenvalue weighted by Crippen LogP contribution is 2.25. The summed E-state index contributed by atoms with van der Waals surface area (Å²) >= 11 is 1.99. The van der Waals surface area contributed by atoms with Crippen LogP contribution in [0, 0.1) is 0 Å². The van der Waals surface area contributed by atoms with Crippen LogP contribution in [0.3, 0.4) is 0 Å². The number of hydrogen-bond acceptors (Lipinski definition) is 4. The minimum Gasteiger partial charge on any atom is -0.397 e. The SMILES string of the molecule is CCNC(=O)c1ccc(N)c(NC2CCSCC2)c1. The Balaban J connectivity index is 2.10. The molecule has 0 aliphatic carbocycles. The van der Waals surface area contributed by atoms with Crippen molar-refractivity contribution in [3.8, 4) is 0 Å². The first-order chi connectivity index (χ1) is 9.20. The molecule has 1 heterocycles. The third kappa shape index (κ3) is 3.80. The number of carbonyl (C=O) groups is 1. The van der Waals surface area contributed by atoms with Gasteiger partial charge >= 0.3 is 0 Å². The quantitative estimate of drug-likeness (QED) is 0.740. The maximum absolute atomic E-state index is 11.8. The Bertz CT molecular complexity index is 444. The molecule has 4 N–H and O–H groups in total. The van der Waals surface area contributed by atoms with Crippen molar-refractivity contribution in [2.45, 2.75) is 25.8 Å². The summed E-state index contributed by atoms with van der Waals surface area (Å²) in [5.74, 6) is 2.32. The zero-order valence-corrected chi connectivity index (χ0v) is 12.1. The fourth-order valence-electron chi connectivity index (χ4n) is 2.15. The molecule has 1 amide bonds. The Morgan fingerprint density at radius 1 is 1.42 bits per heavy atom. The maximum Gasteiger partial charge on any atom is 0.251 e. The molecular formula is C14H21N3OS. The molecule has 0 bridgehead atoms. The van der Waals surface area contributed by atoms with Crippen molar-refractivity contribution in [2.24, 2.45) is 0 Å². The van der Waals surface area contributed by atoms with Gasteiger partial charge in [0, 0.05) is 18.2 Å². The smallest absolute Gasteiger partial charge is 0.251 e. The van der Waals surface area contributed by atoms with Gasteiger partial charge in [-0.1, -0.05) is 0 Å². The molecular weight excluding hydrogens is 258 g/mol. The van der Waals surface area contributed by atoms with Gasteiger partial charge in [0.05, 0.1) is 11.4 Å². The van der Waals surface area contributed by atoms with Crippen LogP contribution in [0.1, 0.15) is 30.1 Å². The molecule has 4 nitrogen and oxygen atoms in total. The van der Waals surface area contributed by atoms with Crippen molar-refractivity contribution in [1.29, 1.82) is 0 Å². The van der Waals surface area contributed by atoms with Gasteiger partial charge in [-0.25, -0.2) is 0 Å². The first-order valence-electron chi connectivity index (χ1n) is 6.72. The summed E-state index contributed by atoms with van der Waals surface area (Å²) in [5, 5.41) is 6.27. The Hall–Kier alpha value is -1.36. The van der Waals surface area contributed by atoms with Crippen LogP contribution in [0.4, 0.5) is 11.4 Å². The van der Waals surface area contributed by atoms with Gasteiger partial charge in [-0.15, -0.1) is 0 Å². The van der Waals surface area contributed by atoms with E-state index >= 15 is 0 Å². The second-order valence-corrected chi connectivity index (χ2v) is 5.92. The molecule has 19 heavy (non-hydrogen) atoms. The fraction of sp³-hybridized carbons (Fsp3) is 0.500. The Labute approximate surface area is 118 Å². The van der Waals surface area contributed by atoms with E-state index in [1.54, 1.807) is 12.1 Å². The summed E-state index contributed by atoms with van der Waals surface area (Å²) in [5.41, 5.74) is 8.21. The number of nitrogens with two attached hydrogens (primary N) is 1. The minimum absolute atomic E-state index is 0.0512. The minimum atomic E-state index is -0.0512. The standard InChI is InChI=1S/C14H21N3OS/c1-2-16-14(18)10-3-4-12(15)13(9-10)17-11-5-7-19-8-6-11/h3-4,9,11,17H,2,5-8,15H2,1H3,(H,16,18). The summed E-state index contributed by atoms with van der Waals surface area (Å²) < 4.78 is 0. The van der Waals surface area contributed by atoms with E-state index in [2.05, 4.69) is 10.6 Å². The number of amides is 1. The summed E-state index contributed by atoms with van der Waals surface area (Å²) in [4.78, 5) is 11.8. The van der Waals surface area contributed by atoms with Crippen LogP contribution in [0.5, 0.6) is 0 Å². The van der Waals surface area contributed by atoms with Crippen molar-refractivity contribution in [1.82, 2.24) is 5.32 Å². The van der Waals surface area contributed by atoms with E-state index in [0.29, 0.717) is 23.8 Å². The van der Waals surface area contributed by atoms with Gasteiger partial charge < -0.3 is 16.4 Å². The first-order valence-corrected chi connectivity index (χ1v) is 7.88. The molecule has 0 atom stereocenters. The molecule has 5 heteroatoms. The van der Waals surface area contributed by atoms with E-state index in [4.69, 9.17) is 5.73 Å². The summed E-state index contributed by atoms with van der Waals surface area (Å²) in [6, 6.07) is 5.88. The highest BCUT2D eigenvalue weighted by Gasteiger charge is 2.15. The lowest BCUT2D eigenvalue weighted by molar-refractivity contribution is 0.0956. The predicted molar refractivity (Wildman–Crippen MR) is 82.8 cm³/mol. The number of hydrogen-bond donors (Lipinski definition) is 3. The number of nitrogen functional groups attached to an aromatic ring is 1. The summed E-state index contributed by atoms with van der Waals surface area (Å²) in [6.45, 7) is 2.54.